The van der Waals surface area contributed by atoms with E-state index in [4.69, 9.17) is 5.11 Å². The van der Waals surface area contributed by atoms with Crippen LogP contribution in [0, 0.1) is 11.8 Å². The van der Waals surface area contributed by atoms with Crippen molar-refractivity contribution in [1.82, 2.24) is 5.32 Å². The number of amides is 1. The van der Waals surface area contributed by atoms with E-state index in [0.717, 1.165) is 0 Å². The number of phenols is 2. The van der Waals surface area contributed by atoms with E-state index in [9.17, 15) is 9.90 Å². The molecular weight excluding hydrogens is 194 g/mol. The standard InChI is InChI=1S/C11H11NO3/c1-8(13)12-6-2-3-9-4-5-10(14)7-11(9)15/h4-5,7,14-15H,6H2,1H3,(H,12,13). The minimum Gasteiger partial charge on any atom is -0.508 e. The fourth-order valence-electron chi connectivity index (χ4n) is 0.934. The van der Waals surface area contributed by atoms with Gasteiger partial charge in [0.05, 0.1) is 12.1 Å². The first-order valence-corrected chi connectivity index (χ1v) is 4.35. The predicted octanol–water partition coefficient (Wildman–Crippen LogP) is 0.585. The molecule has 0 radical (unpaired) electrons. The van der Waals surface area contributed by atoms with Gasteiger partial charge >= 0.3 is 0 Å². The van der Waals surface area contributed by atoms with Crippen LogP contribution >= 0.6 is 0 Å². The summed E-state index contributed by atoms with van der Waals surface area (Å²) in [5, 5.41) is 20.9. The Labute approximate surface area is 87.6 Å². The van der Waals surface area contributed by atoms with Gasteiger partial charge in [0, 0.05) is 13.0 Å². The van der Waals surface area contributed by atoms with Crippen LogP contribution < -0.4 is 5.32 Å². The molecule has 1 aromatic carbocycles. The highest BCUT2D eigenvalue weighted by atomic mass is 16.3. The number of carbonyl (C=O) groups is 1. The first-order valence-electron chi connectivity index (χ1n) is 4.35. The molecule has 0 saturated carbocycles. The fraction of sp³-hybridized carbons (Fsp3) is 0.182. The SMILES string of the molecule is CC(=O)NCC#Cc1ccc(O)cc1O. The minimum absolute atomic E-state index is 0.0140. The second-order valence-corrected chi connectivity index (χ2v) is 2.91. The van der Waals surface area contributed by atoms with E-state index in [0.29, 0.717) is 5.56 Å². The number of phenolic OH excluding ortho intramolecular Hbond substituents is 2. The fourth-order valence-corrected chi connectivity index (χ4v) is 0.934. The topological polar surface area (TPSA) is 69.6 Å². The van der Waals surface area contributed by atoms with Crippen LogP contribution in [0.1, 0.15) is 12.5 Å². The van der Waals surface area contributed by atoms with E-state index in [1.165, 1.54) is 25.1 Å². The minimum atomic E-state index is -0.153. The largest absolute Gasteiger partial charge is 0.508 e. The van der Waals surface area contributed by atoms with Crippen LogP contribution in [-0.4, -0.2) is 22.7 Å². The van der Waals surface area contributed by atoms with Gasteiger partial charge in [-0.2, -0.15) is 0 Å². The van der Waals surface area contributed by atoms with E-state index >= 15 is 0 Å². The molecule has 0 heterocycles. The van der Waals surface area contributed by atoms with Crippen LogP contribution in [0.5, 0.6) is 11.5 Å². The van der Waals surface area contributed by atoms with Crippen molar-refractivity contribution in [1.29, 1.82) is 0 Å². The normalized spacial score (nSPS) is 8.87. The molecule has 4 nitrogen and oxygen atoms in total. The summed E-state index contributed by atoms with van der Waals surface area (Å²) in [5.41, 5.74) is 0.415. The molecule has 1 aromatic rings. The van der Waals surface area contributed by atoms with Gasteiger partial charge in [-0.3, -0.25) is 4.79 Å². The third-order valence-electron chi connectivity index (χ3n) is 1.63. The Hall–Kier alpha value is -2.15. The lowest BCUT2D eigenvalue weighted by molar-refractivity contribution is -0.118. The molecular formula is C11H11NO3. The summed E-state index contributed by atoms with van der Waals surface area (Å²) in [6.45, 7) is 1.63. The lowest BCUT2D eigenvalue weighted by atomic mass is 10.2. The van der Waals surface area contributed by atoms with Gasteiger partial charge in [0.2, 0.25) is 5.91 Å². The van der Waals surface area contributed by atoms with Crippen LogP contribution in [0.25, 0.3) is 0 Å². The molecule has 4 heteroatoms. The van der Waals surface area contributed by atoms with Crippen molar-refractivity contribution in [3.8, 4) is 23.3 Å². The smallest absolute Gasteiger partial charge is 0.217 e. The van der Waals surface area contributed by atoms with Gasteiger partial charge in [0.25, 0.3) is 0 Å². The molecule has 1 amide bonds. The van der Waals surface area contributed by atoms with Crippen molar-refractivity contribution in [2.24, 2.45) is 0 Å². The molecule has 0 spiro atoms. The van der Waals surface area contributed by atoms with E-state index in [1.54, 1.807) is 0 Å². The predicted molar refractivity (Wildman–Crippen MR) is 55.3 cm³/mol. The van der Waals surface area contributed by atoms with Gasteiger partial charge in [-0.25, -0.2) is 0 Å². The summed E-state index contributed by atoms with van der Waals surface area (Å²) >= 11 is 0. The maximum atomic E-state index is 10.5. The van der Waals surface area contributed by atoms with Crippen LogP contribution in [0.4, 0.5) is 0 Å². The first kappa shape index (κ1) is 10.9. The van der Waals surface area contributed by atoms with Crippen LogP contribution in [0.3, 0.4) is 0 Å². The summed E-state index contributed by atoms with van der Waals surface area (Å²) in [5.74, 6) is 5.09. The molecule has 0 aliphatic carbocycles. The highest BCUT2D eigenvalue weighted by Crippen LogP contribution is 2.21. The quantitative estimate of drug-likeness (QED) is 0.587. The molecule has 15 heavy (non-hydrogen) atoms. The molecule has 0 saturated heterocycles. The second-order valence-electron chi connectivity index (χ2n) is 2.91. The van der Waals surface area contributed by atoms with E-state index < -0.39 is 0 Å². The number of benzene rings is 1. The zero-order chi connectivity index (χ0) is 11.3. The average Bonchev–Trinajstić information content (AvgIpc) is 2.14. The molecule has 3 N–H and O–H groups in total. The Morgan fingerprint density at radius 2 is 2.20 bits per heavy atom. The lowest BCUT2D eigenvalue weighted by Gasteiger charge is -1.97. The van der Waals surface area contributed by atoms with Gasteiger partial charge in [0.15, 0.2) is 0 Å². The molecule has 0 fully saturated rings. The van der Waals surface area contributed by atoms with Gasteiger partial charge in [-0.15, -0.1) is 0 Å². The van der Waals surface area contributed by atoms with Gasteiger partial charge in [-0.05, 0) is 12.1 Å². The van der Waals surface area contributed by atoms with Gasteiger partial charge in [0.1, 0.15) is 11.5 Å². The number of carbonyl (C=O) groups excluding carboxylic acids is 1. The molecule has 0 bridgehead atoms. The number of hydrogen-bond acceptors (Lipinski definition) is 3. The van der Waals surface area contributed by atoms with E-state index in [1.807, 2.05) is 0 Å². The zero-order valence-corrected chi connectivity index (χ0v) is 8.24. The summed E-state index contributed by atoms with van der Waals surface area (Å²) in [7, 11) is 0. The Morgan fingerprint density at radius 3 is 2.80 bits per heavy atom. The van der Waals surface area contributed by atoms with E-state index in [2.05, 4.69) is 17.2 Å². The van der Waals surface area contributed by atoms with Crippen LogP contribution in [0.2, 0.25) is 0 Å². The van der Waals surface area contributed by atoms with Crippen molar-refractivity contribution >= 4 is 5.91 Å². The summed E-state index contributed by atoms with van der Waals surface area (Å²) < 4.78 is 0. The number of nitrogens with one attached hydrogen (secondary N) is 1. The van der Waals surface area contributed by atoms with Crippen LogP contribution in [0.15, 0.2) is 18.2 Å². The number of hydrogen-bond donors (Lipinski definition) is 3. The van der Waals surface area contributed by atoms with Crippen molar-refractivity contribution < 1.29 is 15.0 Å². The monoisotopic (exact) mass is 205 g/mol. The highest BCUT2D eigenvalue weighted by molar-refractivity contribution is 5.73. The average molecular weight is 205 g/mol. The maximum absolute atomic E-state index is 10.5. The third-order valence-corrected chi connectivity index (χ3v) is 1.63. The van der Waals surface area contributed by atoms with E-state index in [-0.39, 0.29) is 24.0 Å². The Bertz CT molecular complexity index is 429. The molecule has 0 aliphatic rings. The van der Waals surface area contributed by atoms with Gasteiger partial charge in [-0.1, -0.05) is 11.8 Å². The molecule has 1 rings (SSSR count). The summed E-state index contributed by atoms with van der Waals surface area (Å²) in [6, 6.07) is 4.15. The van der Waals surface area contributed by atoms with Crippen molar-refractivity contribution in [2.45, 2.75) is 6.92 Å². The number of aromatic hydroxyl groups is 2. The first-order chi connectivity index (χ1) is 7.09. The number of rotatable bonds is 1. The van der Waals surface area contributed by atoms with Crippen molar-refractivity contribution in [3.63, 3.8) is 0 Å². The highest BCUT2D eigenvalue weighted by Gasteiger charge is 1.97. The summed E-state index contributed by atoms with van der Waals surface area (Å²) in [6.07, 6.45) is 0. The molecule has 0 atom stereocenters. The van der Waals surface area contributed by atoms with Gasteiger partial charge < -0.3 is 15.5 Å². The summed E-state index contributed by atoms with van der Waals surface area (Å²) in [4.78, 5) is 10.5. The Balaban J connectivity index is 2.67. The molecule has 0 aliphatic heterocycles. The molecule has 0 unspecified atom stereocenters. The Kier molecular flexibility index (Phi) is 3.58. The maximum Gasteiger partial charge on any atom is 0.217 e. The Morgan fingerprint density at radius 1 is 1.47 bits per heavy atom. The molecule has 0 aromatic heterocycles. The lowest BCUT2D eigenvalue weighted by Crippen LogP contribution is -2.19. The zero-order valence-electron chi connectivity index (χ0n) is 8.24. The van der Waals surface area contributed by atoms with Crippen LogP contribution in [-0.2, 0) is 4.79 Å². The third kappa shape index (κ3) is 3.61. The van der Waals surface area contributed by atoms with Crippen molar-refractivity contribution in [3.05, 3.63) is 23.8 Å². The molecule has 78 valence electrons. The second kappa shape index (κ2) is 4.91. The van der Waals surface area contributed by atoms with Crippen molar-refractivity contribution in [2.75, 3.05) is 6.54 Å².